The van der Waals surface area contributed by atoms with Crippen molar-refractivity contribution in [1.29, 1.82) is 0 Å². The molecular formula is C25H24ClFN2O3. The van der Waals surface area contributed by atoms with Crippen molar-refractivity contribution in [1.82, 2.24) is 10.2 Å². The van der Waals surface area contributed by atoms with Gasteiger partial charge in [0.1, 0.15) is 17.6 Å². The zero-order valence-corrected chi connectivity index (χ0v) is 18.4. The van der Waals surface area contributed by atoms with E-state index in [0.29, 0.717) is 22.8 Å². The van der Waals surface area contributed by atoms with E-state index in [1.807, 2.05) is 30.3 Å². The Morgan fingerprint density at radius 2 is 1.72 bits per heavy atom. The molecular weight excluding hydrogens is 431 g/mol. The van der Waals surface area contributed by atoms with Gasteiger partial charge in [0.2, 0.25) is 5.91 Å². The van der Waals surface area contributed by atoms with Crippen LogP contribution in [0.3, 0.4) is 0 Å². The largest absolute Gasteiger partial charge is 0.484 e. The van der Waals surface area contributed by atoms with E-state index in [-0.39, 0.29) is 30.8 Å². The van der Waals surface area contributed by atoms with Crippen LogP contribution in [0.15, 0.2) is 78.9 Å². The summed E-state index contributed by atoms with van der Waals surface area (Å²) in [5.74, 6) is -0.596. The minimum Gasteiger partial charge on any atom is -0.484 e. The summed E-state index contributed by atoms with van der Waals surface area (Å²) in [5, 5.41) is 3.14. The number of nitrogens with zero attached hydrogens (tertiary/aromatic N) is 1. The van der Waals surface area contributed by atoms with Gasteiger partial charge in [-0.2, -0.15) is 0 Å². The molecule has 1 atom stereocenters. The maximum atomic E-state index is 13.4. The van der Waals surface area contributed by atoms with Gasteiger partial charge >= 0.3 is 0 Å². The second-order valence-electron chi connectivity index (χ2n) is 7.21. The molecule has 0 aromatic heterocycles. The second-order valence-corrected chi connectivity index (χ2v) is 7.65. The fraction of sp³-hybridized carbons (Fsp3) is 0.200. The first-order chi connectivity index (χ1) is 15.5. The van der Waals surface area contributed by atoms with Gasteiger partial charge in [0.05, 0.1) is 0 Å². The van der Waals surface area contributed by atoms with Crippen molar-refractivity contribution in [2.75, 3.05) is 13.7 Å². The smallest absolute Gasteiger partial charge is 0.261 e. The molecule has 0 aliphatic rings. The van der Waals surface area contributed by atoms with E-state index in [1.54, 1.807) is 36.4 Å². The van der Waals surface area contributed by atoms with Crippen LogP contribution >= 0.6 is 11.6 Å². The van der Waals surface area contributed by atoms with Crippen molar-refractivity contribution in [2.45, 2.75) is 19.0 Å². The Hall–Kier alpha value is -3.38. The van der Waals surface area contributed by atoms with Gasteiger partial charge in [0.15, 0.2) is 6.61 Å². The molecule has 0 bridgehead atoms. The summed E-state index contributed by atoms with van der Waals surface area (Å²) in [6, 6.07) is 21.3. The van der Waals surface area contributed by atoms with Gasteiger partial charge in [-0.1, -0.05) is 60.1 Å². The predicted molar refractivity (Wildman–Crippen MR) is 122 cm³/mol. The Morgan fingerprint density at radius 3 is 2.38 bits per heavy atom. The molecule has 0 aliphatic heterocycles. The molecule has 5 nitrogen and oxygen atoms in total. The number of carbonyl (C=O) groups is 2. The average molecular weight is 455 g/mol. The number of nitrogens with one attached hydrogen (secondary N) is 1. The van der Waals surface area contributed by atoms with E-state index >= 15 is 0 Å². The van der Waals surface area contributed by atoms with Gasteiger partial charge in [-0.3, -0.25) is 9.59 Å². The summed E-state index contributed by atoms with van der Waals surface area (Å²) in [7, 11) is 1.53. The number of benzene rings is 3. The second kappa shape index (κ2) is 11.3. The SMILES string of the molecule is CNC(=O)C(Cc1ccccc1)N(Cc1ccc(F)cc1)C(=O)COc1cccc(Cl)c1. The number of ether oxygens (including phenoxy) is 1. The van der Waals surface area contributed by atoms with Gasteiger partial charge < -0.3 is 15.0 Å². The fourth-order valence-electron chi connectivity index (χ4n) is 3.29. The molecule has 7 heteroatoms. The highest BCUT2D eigenvalue weighted by Gasteiger charge is 2.30. The number of hydrogen-bond donors (Lipinski definition) is 1. The van der Waals surface area contributed by atoms with Gasteiger partial charge in [-0.25, -0.2) is 4.39 Å². The maximum absolute atomic E-state index is 13.4. The molecule has 166 valence electrons. The monoisotopic (exact) mass is 454 g/mol. The number of halogens is 2. The fourth-order valence-corrected chi connectivity index (χ4v) is 3.47. The minimum atomic E-state index is -0.775. The van der Waals surface area contributed by atoms with Crippen molar-refractivity contribution < 1.29 is 18.7 Å². The third-order valence-corrected chi connectivity index (χ3v) is 5.18. The van der Waals surface area contributed by atoms with Crippen LogP contribution in [0.25, 0.3) is 0 Å². The van der Waals surface area contributed by atoms with Crippen molar-refractivity contribution in [3.63, 3.8) is 0 Å². The number of rotatable bonds is 9. The lowest BCUT2D eigenvalue weighted by Gasteiger charge is -2.31. The quantitative estimate of drug-likeness (QED) is 0.526. The first-order valence-electron chi connectivity index (χ1n) is 10.1. The topological polar surface area (TPSA) is 58.6 Å². The van der Waals surface area contributed by atoms with Crippen molar-refractivity contribution in [3.05, 3.63) is 101 Å². The molecule has 0 saturated heterocycles. The highest BCUT2D eigenvalue weighted by Crippen LogP contribution is 2.19. The van der Waals surface area contributed by atoms with E-state index in [0.717, 1.165) is 5.56 Å². The van der Waals surface area contributed by atoms with Crippen LogP contribution in [-0.4, -0.2) is 36.4 Å². The van der Waals surface area contributed by atoms with E-state index in [4.69, 9.17) is 16.3 Å². The Bertz CT molecular complexity index is 1040. The van der Waals surface area contributed by atoms with Crippen LogP contribution in [0.1, 0.15) is 11.1 Å². The summed E-state index contributed by atoms with van der Waals surface area (Å²) in [4.78, 5) is 27.5. The maximum Gasteiger partial charge on any atom is 0.261 e. The Labute approximate surface area is 191 Å². The zero-order valence-electron chi connectivity index (χ0n) is 17.6. The number of amides is 2. The number of likely N-dealkylation sites (N-methyl/N-ethyl adjacent to an activating group) is 1. The van der Waals surface area contributed by atoms with Crippen molar-refractivity contribution in [3.8, 4) is 5.75 Å². The minimum absolute atomic E-state index is 0.128. The highest BCUT2D eigenvalue weighted by atomic mass is 35.5. The molecule has 0 fully saturated rings. The first-order valence-corrected chi connectivity index (χ1v) is 10.5. The van der Waals surface area contributed by atoms with E-state index < -0.39 is 6.04 Å². The van der Waals surface area contributed by atoms with Crippen molar-refractivity contribution >= 4 is 23.4 Å². The highest BCUT2D eigenvalue weighted by molar-refractivity contribution is 6.30. The third-order valence-electron chi connectivity index (χ3n) is 4.94. The summed E-state index contributed by atoms with van der Waals surface area (Å²) in [5.41, 5.74) is 1.61. The summed E-state index contributed by atoms with van der Waals surface area (Å²) < 4.78 is 19.0. The van der Waals surface area contributed by atoms with Crippen LogP contribution in [-0.2, 0) is 22.6 Å². The molecule has 2 amide bonds. The summed E-state index contributed by atoms with van der Waals surface area (Å²) >= 11 is 5.98. The molecule has 0 spiro atoms. The lowest BCUT2D eigenvalue weighted by Crippen LogP contribution is -2.51. The van der Waals surface area contributed by atoms with E-state index in [1.165, 1.54) is 24.1 Å². The third kappa shape index (κ3) is 6.56. The average Bonchev–Trinajstić information content (AvgIpc) is 2.81. The molecule has 3 aromatic carbocycles. The number of hydrogen-bond acceptors (Lipinski definition) is 3. The van der Waals surface area contributed by atoms with Gasteiger partial charge in [-0.15, -0.1) is 0 Å². The van der Waals surface area contributed by atoms with Crippen LogP contribution in [0.5, 0.6) is 5.75 Å². The predicted octanol–water partition coefficient (Wildman–Crippen LogP) is 4.24. The molecule has 1 N–H and O–H groups in total. The molecule has 0 radical (unpaired) electrons. The molecule has 1 unspecified atom stereocenters. The summed E-state index contributed by atoms with van der Waals surface area (Å²) in [6.45, 7) is -0.146. The molecule has 0 aliphatic carbocycles. The molecule has 3 rings (SSSR count). The van der Waals surface area contributed by atoms with Gasteiger partial charge in [-0.05, 0) is 41.5 Å². The van der Waals surface area contributed by atoms with E-state index in [9.17, 15) is 14.0 Å². The zero-order chi connectivity index (χ0) is 22.9. The van der Waals surface area contributed by atoms with Crippen LogP contribution in [0.4, 0.5) is 4.39 Å². The Morgan fingerprint density at radius 1 is 1.00 bits per heavy atom. The van der Waals surface area contributed by atoms with Crippen LogP contribution in [0, 0.1) is 5.82 Å². The lowest BCUT2D eigenvalue weighted by molar-refractivity contribution is -0.142. The number of carbonyl (C=O) groups excluding carboxylic acids is 2. The molecule has 0 saturated carbocycles. The lowest BCUT2D eigenvalue weighted by atomic mass is 10.0. The first kappa shape index (κ1) is 23.3. The van der Waals surface area contributed by atoms with Crippen LogP contribution < -0.4 is 10.1 Å². The normalized spacial score (nSPS) is 11.5. The van der Waals surface area contributed by atoms with E-state index in [2.05, 4.69) is 5.32 Å². The molecule has 3 aromatic rings. The van der Waals surface area contributed by atoms with Gasteiger partial charge in [0.25, 0.3) is 5.91 Å². The Kier molecular flexibility index (Phi) is 8.22. The standard InChI is InChI=1S/C25H24ClFN2O3/c1-28-25(31)23(14-18-6-3-2-4-7-18)29(16-19-10-12-21(27)13-11-19)24(30)17-32-22-9-5-8-20(26)15-22/h2-13,15,23H,14,16-17H2,1H3,(H,28,31). The summed E-state index contributed by atoms with van der Waals surface area (Å²) in [6.07, 6.45) is 0.324. The molecule has 0 heterocycles. The molecule has 32 heavy (non-hydrogen) atoms. The van der Waals surface area contributed by atoms with Crippen LogP contribution in [0.2, 0.25) is 5.02 Å². The van der Waals surface area contributed by atoms with Crippen molar-refractivity contribution in [2.24, 2.45) is 0 Å². The Balaban J connectivity index is 1.86. The van der Waals surface area contributed by atoms with Gasteiger partial charge in [0, 0.05) is 25.0 Å².